The highest BCUT2D eigenvalue weighted by molar-refractivity contribution is 5.32. The van der Waals surface area contributed by atoms with Crippen molar-refractivity contribution in [1.29, 1.82) is 0 Å². The maximum absolute atomic E-state index is 5.62. The minimum absolute atomic E-state index is 0.212. The molecule has 94 valence electrons. The van der Waals surface area contributed by atoms with Gasteiger partial charge in [0.1, 0.15) is 5.75 Å². The molecule has 1 N–H and O–H groups in total. The highest BCUT2D eigenvalue weighted by Crippen LogP contribution is 2.34. The van der Waals surface area contributed by atoms with Gasteiger partial charge in [-0.05, 0) is 49.9 Å². The van der Waals surface area contributed by atoms with Crippen LogP contribution in [0.1, 0.15) is 45.1 Å². The van der Waals surface area contributed by atoms with Crippen molar-refractivity contribution in [2.75, 3.05) is 13.2 Å². The first-order chi connectivity index (χ1) is 8.30. The smallest absolute Gasteiger partial charge is 0.119 e. The third-order valence-electron chi connectivity index (χ3n) is 3.73. The minimum Gasteiger partial charge on any atom is -0.494 e. The lowest BCUT2D eigenvalue weighted by molar-refractivity contribution is 0.316. The lowest BCUT2D eigenvalue weighted by Gasteiger charge is -2.29. The van der Waals surface area contributed by atoms with Crippen molar-refractivity contribution in [3.63, 3.8) is 0 Å². The number of rotatable bonds is 5. The Hall–Kier alpha value is -1.02. The third-order valence-corrected chi connectivity index (χ3v) is 3.73. The molecule has 1 heterocycles. The van der Waals surface area contributed by atoms with E-state index in [9.17, 15) is 0 Å². The Morgan fingerprint density at radius 3 is 2.53 bits per heavy atom. The van der Waals surface area contributed by atoms with E-state index in [0.717, 1.165) is 31.7 Å². The molecule has 1 aliphatic rings. The monoisotopic (exact) mass is 233 g/mol. The quantitative estimate of drug-likeness (QED) is 0.841. The standard InChI is InChI=1S/C15H23NO/c1-3-12-17-14-8-6-13(7-9-14)15(4-2)10-5-11-16-15/h6-9,16H,3-5,10-12H2,1-2H3. The molecule has 1 aromatic carbocycles. The normalized spacial score (nSPS) is 23.9. The van der Waals surface area contributed by atoms with Crippen molar-refractivity contribution >= 4 is 0 Å². The van der Waals surface area contributed by atoms with E-state index in [4.69, 9.17) is 4.74 Å². The van der Waals surface area contributed by atoms with Crippen LogP contribution >= 0.6 is 0 Å². The summed E-state index contributed by atoms with van der Waals surface area (Å²) in [6, 6.07) is 8.63. The highest BCUT2D eigenvalue weighted by atomic mass is 16.5. The highest BCUT2D eigenvalue weighted by Gasteiger charge is 2.32. The second kappa shape index (κ2) is 5.54. The molecule has 0 aliphatic carbocycles. The molecule has 2 rings (SSSR count). The van der Waals surface area contributed by atoms with Gasteiger partial charge in [-0.1, -0.05) is 26.0 Å². The summed E-state index contributed by atoms with van der Waals surface area (Å²) in [5.74, 6) is 0.986. The molecule has 0 spiro atoms. The Kier molecular flexibility index (Phi) is 4.06. The van der Waals surface area contributed by atoms with Crippen molar-refractivity contribution in [1.82, 2.24) is 5.32 Å². The van der Waals surface area contributed by atoms with Gasteiger partial charge in [-0.25, -0.2) is 0 Å². The second-order valence-corrected chi connectivity index (χ2v) is 4.84. The largest absolute Gasteiger partial charge is 0.494 e. The molecule has 1 unspecified atom stereocenters. The molecule has 1 aliphatic heterocycles. The summed E-state index contributed by atoms with van der Waals surface area (Å²) in [5, 5.41) is 3.66. The fraction of sp³-hybridized carbons (Fsp3) is 0.600. The predicted octanol–water partition coefficient (Wildman–Crippen LogP) is 3.46. The van der Waals surface area contributed by atoms with Crippen molar-refractivity contribution < 1.29 is 4.74 Å². The van der Waals surface area contributed by atoms with Crippen molar-refractivity contribution in [3.05, 3.63) is 29.8 Å². The zero-order valence-corrected chi connectivity index (χ0v) is 11.0. The molecule has 2 heteroatoms. The summed E-state index contributed by atoms with van der Waals surface area (Å²) in [5.41, 5.74) is 1.62. The first kappa shape index (κ1) is 12.4. The van der Waals surface area contributed by atoms with Gasteiger partial charge >= 0.3 is 0 Å². The molecular formula is C15H23NO. The van der Waals surface area contributed by atoms with E-state index in [0.29, 0.717) is 0 Å². The average molecular weight is 233 g/mol. The molecular weight excluding hydrogens is 210 g/mol. The van der Waals surface area contributed by atoms with Crippen LogP contribution in [0, 0.1) is 0 Å². The number of hydrogen-bond acceptors (Lipinski definition) is 2. The van der Waals surface area contributed by atoms with Gasteiger partial charge in [-0.3, -0.25) is 0 Å². The van der Waals surface area contributed by atoms with E-state index in [2.05, 4.69) is 43.4 Å². The fourth-order valence-electron chi connectivity index (χ4n) is 2.65. The van der Waals surface area contributed by atoms with Crippen LogP contribution in [0.25, 0.3) is 0 Å². The molecule has 1 atom stereocenters. The molecule has 0 saturated carbocycles. The average Bonchev–Trinajstić information content (AvgIpc) is 2.87. The molecule has 1 aromatic rings. The van der Waals surface area contributed by atoms with Gasteiger partial charge in [-0.15, -0.1) is 0 Å². The van der Waals surface area contributed by atoms with Crippen molar-refractivity contribution in [2.45, 2.75) is 45.1 Å². The lowest BCUT2D eigenvalue weighted by Crippen LogP contribution is -2.35. The molecule has 1 fully saturated rings. The van der Waals surface area contributed by atoms with E-state index in [-0.39, 0.29) is 5.54 Å². The predicted molar refractivity (Wildman–Crippen MR) is 71.4 cm³/mol. The molecule has 0 amide bonds. The van der Waals surface area contributed by atoms with Gasteiger partial charge in [0.15, 0.2) is 0 Å². The lowest BCUT2D eigenvalue weighted by atomic mass is 9.86. The van der Waals surface area contributed by atoms with Crippen molar-refractivity contribution in [3.8, 4) is 5.75 Å². The van der Waals surface area contributed by atoms with Gasteiger partial charge in [0.25, 0.3) is 0 Å². The zero-order valence-electron chi connectivity index (χ0n) is 11.0. The van der Waals surface area contributed by atoms with Crippen LogP contribution in [0.3, 0.4) is 0 Å². The first-order valence-corrected chi connectivity index (χ1v) is 6.79. The summed E-state index contributed by atoms with van der Waals surface area (Å²) in [7, 11) is 0. The molecule has 17 heavy (non-hydrogen) atoms. The van der Waals surface area contributed by atoms with Crippen LogP contribution in [0.5, 0.6) is 5.75 Å². The Morgan fingerprint density at radius 2 is 2.00 bits per heavy atom. The number of hydrogen-bond donors (Lipinski definition) is 1. The first-order valence-electron chi connectivity index (χ1n) is 6.79. The summed E-state index contributed by atoms with van der Waals surface area (Å²) < 4.78 is 5.62. The van der Waals surface area contributed by atoms with Crippen LogP contribution in [0.2, 0.25) is 0 Å². The Balaban J connectivity index is 2.11. The third kappa shape index (κ3) is 2.63. The van der Waals surface area contributed by atoms with Gasteiger partial charge in [-0.2, -0.15) is 0 Å². The molecule has 0 radical (unpaired) electrons. The molecule has 1 saturated heterocycles. The zero-order chi connectivity index (χ0) is 12.1. The molecule has 0 bridgehead atoms. The Labute approximate surface area is 104 Å². The number of nitrogens with one attached hydrogen (secondary N) is 1. The van der Waals surface area contributed by atoms with Crippen LogP contribution < -0.4 is 10.1 Å². The SMILES string of the molecule is CCCOc1ccc(C2(CC)CCCN2)cc1. The fourth-order valence-corrected chi connectivity index (χ4v) is 2.65. The maximum atomic E-state index is 5.62. The Bertz CT molecular complexity index is 338. The summed E-state index contributed by atoms with van der Waals surface area (Å²) >= 11 is 0. The Morgan fingerprint density at radius 1 is 1.24 bits per heavy atom. The van der Waals surface area contributed by atoms with E-state index in [1.54, 1.807) is 0 Å². The van der Waals surface area contributed by atoms with Crippen molar-refractivity contribution in [2.24, 2.45) is 0 Å². The van der Waals surface area contributed by atoms with Gasteiger partial charge < -0.3 is 10.1 Å². The molecule has 0 aromatic heterocycles. The van der Waals surface area contributed by atoms with Gasteiger partial charge in [0.2, 0.25) is 0 Å². The van der Waals surface area contributed by atoms with Crippen LogP contribution in [0.4, 0.5) is 0 Å². The summed E-state index contributed by atoms with van der Waals surface area (Å²) in [4.78, 5) is 0. The topological polar surface area (TPSA) is 21.3 Å². The van der Waals surface area contributed by atoms with E-state index >= 15 is 0 Å². The maximum Gasteiger partial charge on any atom is 0.119 e. The molecule has 2 nitrogen and oxygen atoms in total. The number of ether oxygens (including phenoxy) is 1. The minimum atomic E-state index is 0.212. The van der Waals surface area contributed by atoms with E-state index < -0.39 is 0 Å². The second-order valence-electron chi connectivity index (χ2n) is 4.84. The summed E-state index contributed by atoms with van der Waals surface area (Å²) in [6.45, 7) is 6.33. The van der Waals surface area contributed by atoms with Crippen LogP contribution in [-0.4, -0.2) is 13.2 Å². The van der Waals surface area contributed by atoms with E-state index in [1.807, 2.05) is 0 Å². The van der Waals surface area contributed by atoms with Gasteiger partial charge in [0.05, 0.1) is 6.61 Å². The summed E-state index contributed by atoms with van der Waals surface area (Å²) in [6.07, 6.45) is 4.74. The van der Waals surface area contributed by atoms with Crippen LogP contribution in [-0.2, 0) is 5.54 Å². The van der Waals surface area contributed by atoms with E-state index in [1.165, 1.54) is 18.4 Å². The number of benzene rings is 1. The van der Waals surface area contributed by atoms with Crippen LogP contribution in [0.15, 0.2) is 24.3 Å². The van der Waals surface area contributed by atoms with Gasteiger partial charge in [0, 0.05) is 5.54 Å².